The third kappa shape index (κ3) is 3.90. The van der Waals surface area contributed by atoms with Crippen LogP contribution >= 0.6 is 0 Å². The van der Waals surface area contributed by atoms with E-state index in [1.807, 2.05) is 54.6 Å². The van der Waals surface area contributed by atoms with Crippen molar-refractivity contribution in [2.45, 2.75) is 0 Å². The van der Waals surface area contributed by atoms with Crippen LogP contribution in [0.3, 0.4) is 0 Å². The molecule has 39 heavy (non-hydrogen) atoms. The van der Waals surface area contributed by atoms with Crippen LogP contribution in [-0.2, 0) is 0 Å². The predicted molar refractivity (Wildman–Crippen MR) is 146 cm³/mol. The van der Waals surface area contributed by atoms with Crippen LogP contribution in [-0.4, -0.2) is 16.4 Å². The fourth-order valence-electron chi connectivity index (χ4n) is 4.87. The van der Waals surface area contributed by atoms with Crippen molar-refractivity contribution in [2.24, 2.45) is 0 Å². The molecule has 186 valence electrons. The van der Waals surface area contributed by atoms with Crippen molar-refractivity contribution in [1.29, 1.82) is 16.1 Å². The highest BCUT2D eigenvalue weighted by Crippen LogP contribution is 2.35. The van der Waals surface area contributed by atoms with Crippen molar-refractivity contribution in [1.82, 2.24) is 4.98 Å². The topological polar surface area (TPSA) is 84.4 Å². The van der Waals surface area contributed by atoms with Gasteiger partial charge in [-0.2, -0.15) is 5.26 Å². The Hall–Kier alpha value is -5.35. The van der Waals surface area contributed by atoms with Gasteiger partial charge in [0.25, 0.3) is 0 Å². The number of nitriles is 1. The van der Waals surface area contributed by atoms with Crippen molar-refractivity contribution in [2.75, 3.05) is 0 Å². The third-order valence-electron chi connectivity index (χ3n) is 6.81. The van der Waals surface area contributed by atoms with E-state index in [4.69, 9.17) is 21.1 Å². The monoisotopic (exact) mass is 514 g/mol. The molecule has 1 aliphatic carbocycles. The van der Waals surface area contributed by atoms with Gasteiger partial charge in [0.05, 0.1) is 28.2 Å². The van der Waals surface area contributed by atoms with Crippen molar-refractivity contribution in [3.05, 3.63) is 119 Å². The lowest BCUT2D eigenvalue weighted by Gasteiger charge is -2.19. The Morgan fingerprint density at radius 1 is 0.692 bits per heavy atom. The van der Waals surface area contributed by atoms with Gasteiger partial charge in [-0.15, -0.1) is 0 Å². The van der Waals surface area contributed by atoms with Gasteiger partial charge in [-0.05, 0) is 34.9 Å². The molecule has 5 aromatic rings. The average molecular weight is 515 g/mol. The molecule has 0 fully saturated rings. The van der Waals surface area contributed by atoms with Gasteiger partial charge in [0.15, 0.2) is 5.82 Å². The third-order valence-corrected chi connectivity index (χ3v) is 6.81. The highest BCUT2D eigenvalue weighted by Gasteiger charge is 2.23. The fraction of sp³-hybridized carbons (Fsp3) is 0. The summed E-state index contributed by atoms with van der Waals surface area (Å²) in [6, 6.07) is 23.6. The Balaban J connectivity index is 1.38. The Bertz CT molecular complexity index is 1920. The summed E-state index contributed by atoms with van der Waals surface area (Å²) < 4.78 is 42.7. The summed E-state index contributed by atoms with van der Waals surface area (Å²) in [6.07, 6.45) is 3.43. The number of rotatable bonds is 3. The number of para-hydroxylation sites is 1. The number of allylic oxidation sites excluding steroid dienone is 1. The Morgan fingerprint density at radius 2 is 1.31 bits per heavy atom. The van der Waals surface area contributed by atoms with Crippen LogP contribution in [0.15, 0.2) is 84.9 Å². The number of fused-ring (bicyclic) bond motifs is 3. The summed E-state index contributed by atoms with van der Waals surface area (Å²) in [5.74, 6) is -3.54. The van der Waals surface area contributed by atoms with Gasteiger partial charge < -0.3 is 0 Å². The number of halogens is 3. The second-order valence-corrected chi connectivity index (χ2v) is 9.06. The molecule has 0 bridgehead atoms. The van der Waals surface area contributed by atoms with Crippen LogP contribution in [0.1, 0.15) is 16.7 Å². The lowest BCUT2D eigenvalue weighted by Crippen LogP contribution is -2.17. The SMILES string of the molecule is N#Cc1c(F)cc(F)c(-c2ccc(-c3ccc(-c4nc5ccccc5c5c4C=CC(=N)C5=N)cc3)cc2)c1F. The summed E-state index contributed by atoms with van der Waals surface area (Å²) in [5.41, 5.74) is 4.60. The minimum absolute atomic E-state index is 0.146. The molecule has 1 heterocycles. The molecule has 0 amide bonds. The van der Waals surface area contributed by atoms with Crippen molar-refractivity contribution >= 4 is 28.4 Å². The molecule has 7 heteroatoms. The van der Waals surface area contributed by atoms with Crippen LogP contribution in [0.25, 0.3) is 50.5 Å². The number of nitrogens with zero attached hydrogens (tertiary/aromatic N) is 2. The van der Waals surface area contributed by atoms with Crippen molar-refractivity contribution < 1.29 is 13.2 Å². The smallest absolute Gasteiger partial charge is 0.154 e. The van der Waals surface area contributed by atoms with E-state index < -0.39 is 28.6 Å². The largest absolute Gasteiger partial charge is 0.299 e. The molecule has 6 rings (SSSR count). The van der Waals surface area contributed by atoms with Gasteiger partial charge in [0.1, 0.15) is 23.3 Å². The maximum Gasteiger partial charge on any atom is 0.154 e. The molecule has 0 atom stereocenters. The molecular formula is C32H17F3N4. The molecule has 2 N–H and O–H groups in total. The summed E-state index contributed by atoms with van der Waals surface area (Å²) in [6.45, 7) is 0. The molecule has 4 nitrogen and oxygen atoms in total. The first-order valence-corrected chi connectivity index (χ1v) is 11.9. The fourth-order valence-corrected chi connectivity index (χ4v) is 4.87. The first-order valence-electron chi connectivity index (χ1n) is 11.9. The number of aromatic nitrogens is 1. The molecule has 0 saturated heterocycles. The van der Waals surface area contributed by atoms with Crippen LogP contribution < -0.4 is 0 Å². The Kier molecular flexibility index (Phi) is 5.66. The summed E-state index contributed by atoms with van der Waals surface area (Å²) >= 11 is 0. The van der Waals surface area contributed by atoms with E-state index >= 15 is 0 Å². The summed E-state index contributed by atoms with van der Waals surface area (Å²) in [7, 11) is 0. The van der Waals surface area contributed by atoms with Crippen LogP contribution in [0.2, 0.25) is 0 Å². The molecule has 1 aliphatic rings. The lowest BCUT2D eigenvalue weighted by molar-refractivity contribution is 0.543. The van der Waals surface area contributed by atoms with Crippen LogP contribution in [0.4, 0.5) is 13.2 Å². The summed E-state index contributed by atoms with van der Waals surface area (Å²) in [5, 5.41) is 26.5. The van der Waals surface area contributed by atoms with Gasteiger partial charge in [0.2, 0.25) is 0 Å². The predicted octanol–water partition coefficient (Wildman–Crippen LogP) is 7.94. The van der Waals surface area contributed by atoms with E-state index in [-0.39, 0.29) is 17.0 Å². The minimum Gasteiger partial charge on any atom is -0.299 e. The summed E-state index contributed by atoms with van der Waals surface area (Å²) in [4.78, 5) is 4.86. The van der Waals surface area contributed by atoms with Crippen LogP contribution in [0.5, 0.6) is 0 Å². The highest BCUT2D eigenvalue weighted by atomic mass is 19.1. The van der Waals surface area contributed by atoms with E-state index in [1.54, 1.807) is 18.2 Å². The molecular weight excluding hydrogens is 497 g/mol. The number of hydrogen-bond acceptors (Lipinski definition) is 4. The molecule has 0 spiro atoms. The van der Waals surface area contributed by atoms with E-state index in [9.17, 15) is 13.2 Å². The minimum atomic E-state index is -1.24. The number of pyridine rings is 1. The first kappa shape index (κ1) is 24.0. The van der Waals surface area contributed by atoms with Crippen molar-refractivity contribution in [3.8, 4) is 39.6 Å². The van der Waals surface area contributed by atoms with E-state index in [1.165, 1.54) is 18.2 Å². The molecule has 0 aliphatic heterocycles. The van der Waals surface area contributed by atoms with E-state index in [2.05, 4.69) is 0 Å². The van der Waals surface area contributed by atoms with Crippen molar-refractivity contribution in [3.63, 3.8) is 0 Å². The number of nitrogens with one attached hydrogen (secondary N) is 2. The number of hydrogen-bond donors (Lipinski definition) is 2. The zero-order valence-corrected chi connectivity index (χ0v) is 20.2. The van der Waals surface area contributed by atoms with Gasteiger partial charge in [0, 0.05) is 28.1 Å². The molecule has 0 saturated carbocycles. The molecule has 1 aromatic heterocycles. The Labute approximate surface area is 221 Å². The first-order chi connectivity index (χ1) is 18.9. The van der Waals surface area contributed by atoms with Crippen LogP contribution in [0, 0.1) is 39.6 Å². The van der Waals surface area contributed by atoms with Gasteiger partial charge in [-0.1, -0.05) is 66.7 Å². The zero-order valence-electron chi connectivity index (χ0n) is 20.2. The molecule has 4 aromatic carbocycles. The van der Waals surface area contributed by atoms with Gasteiger partial charge >= 0.3 is 0 Å². The number of benzene rings is 4. The molecule has 0 radical (unpaired) electrons. The standard InChI is InChI=1S/C32H17F3N4/c33-24-15-25(34)28(30(35)23(24)16-36)19-9-5-17(6-10-19)18-7-11-20(12-8-18)32-22-13-14-26(37)31(38)29(22)21-3-1-2-4-27(21)39-32/h1-15,37-38H. The van der Waals surface area contributed by atoms with Gasteiger partial charge in [-0.3, -0.25) is 10.8 Å². The second kappa shape index (κ2) is 9.19. The highest BCUT2D eigenvalue weighted by molar-refractivity contribution is 6.54. The normalized spacial score (nSPS) is 12.5. The van der Waals surface area contributed by atoms with E-state index in [0.29, 0.717) is 17.3 Å². The quantitative estimate of drug-likeness (QED) is 0.256. The maximum atomic E-state index is 14.6. The van der Waals surface area contributed by atoms with Gasteiger partial charge in [-0.25, -0.2) is 18.2 Å². The molecule has 0 unspecified atom stereocenters. The lowest BCUT2D eigenvalue weighted by atomic mass is 9.88. The Morgan fingerprint density at radius 3 is 1.97 bits per heavy atom. The average Bonchev–Trinajstić information content (AvgIpc) is 2.95. The van der Waals surface area contributed by atoms with E-state index in [0.717, 1.165) is 33.2 Å². The second-order valence-electron chi connectivity index (χ2n) is 9.06. The zero-order chi connectivity index (χ0) is 27.3. The maximum absolute atomic E-state index is 14.6.